The van der Waals surface area contributed by atoms with E-state index in [9.17, 15) is 14.3 Å². The van der Waals surface area contributed by atoms with Crippen molar-refractivity contribution in [2.75, 3.05) is 0 Å². The molecule has 72 valence electrons. The summed E-state index contributed by atoms with van der Waals surface area (Å²) in [7, 11) is 0. The molecule has 0 aliphatic heterocycles. The Kier molecular flexibility index (Phi) is 14.1. The average Bonchev–Trinajstić information content (AvgIpc) is 1.97. The summed E-state index contributed by atoms with van der Waals surface area (Å²) in [6.45, 7) is 2.08. The van der Waals surface area contributed by atoms with Crippen molar-refractivity contribution in [3.63, 3.8) is 0 Å². The number of carbonyl (C=O) groups excluding carboxylic acids is 1. The number of halogens is 1. The van der Waals surface area contributed by atoms with Gasteiger partial charge in [-0.05, 0) is 6.42 Å². The SMILES string of the molecule is CCCCCCC(F)CC(=O)[O-].[K+]. The number of aliphatic carboxylic acids is 1. The summed E-state index contributed by atoms with van der Waals surface area (Å²) in [4.78, 5) is 9.95. The number of rotatable bonds is 7. The molecule has 0 saturated heterocycles. The van der Waals surface area contributed by atoms with Gasteiger partial charge in [-0.25, -0.2) is 4.39 Å². The third kappa shape index (κ3) is 13.0. The van der Waals surface area contributed by atoms with Gasteiger partial charge in [-0.15, -0.1) is 0 Å². The first-order valence-corrected chi connectivity index (χ1v) is 4.50. The van der Waals surface area contributed by atoms with Gasteiger partial charge >= 0.3 is 51.4 Å². The van der Waals surface area contributed by atoms with E-state index in [1.807, 2.05) is 0 Å². The Hall–Kier alpha value is 1.04. The van der Waals surface area contributed by atoms with Gasteiger partial charge in [0.05, 0.1) is 0 Å². The summed E-state index contributed by atoms with van der Waals surface area (Å²) >= 11 is 0. The standard InChI is InChI=1S/C9H17FO2.K/c1-2-3-4-5-6-8(10)7-9(11)12;/h8H,2-7H2,1H3,(H,11,12);/q;+1/p-1. The Morgan fingerprint density at radius 1 is 1.38 bits per heavy atom. The maximum absolute atomic E-state index is 12.7. The van der Waals surface area contributed by atoms with E-state index in [1.165, 1.54) is 0 Å². The summed E-state index contributed by atoms with van der Waals surface area (Å²) in [6, 6.07) is 0. The summed E-state index contributed by atoms with van der Waals surface area (Å²) < 4.78 is 12.7. The van der Waals surface area contributed by atoms with E-state index in [0.717, 1.165) is 25.7 Å². The Balaban J connectivity index is 0. The van der Waals surface area contributed by atoms with E-state index >= 15 is 0 Å². The first-order chi connectivity index (χ1) is 5.66. The molecule has 0 heterocycles. The van der Waals surface area contributed by atoms with Crippen LogP contribution in [0.25, 0.3) is 0 Å². The van der Waals surface area contributed by atoms with Crippen LogP contribution >= 0.6 is 0 Å². The van der Waals surface area contributed by atoms with Gasteiger partial charge < -0.3 is 9.90 Å². The second-order valence-electron chi connectivity index (χ2n) is 3.02. The van der Waals surface area contributed by atoms with E-state index in [2.05, 4.69) is 6.92 Å². The van der Waals surface area contributed by atoms with Crippen molar-refractivity contribution < 1.29 is 65.7 Å². The van der Waals surface area contributed by atoms with E-state index in [4.69, 9.17) is 0 Å². The van der Waals surface area contributed by atoms with Crippen molar-refractivity contribution in [2.45, 2.75) is 51.6 Å². The van der Waals surface area contributed by atoms with Gasteiger partial charge in [-0.2, -0.15) is 0 Å². The van der Waals surface area contributed by atoms with Crippen LogP contribution in [0, 0.1) is 0 Å². The van der Waals surface area contributed by atoms with Crippen LogP contribution in [0.2, 0.25) is 0 Å². The second-order valence-corrected chi connectivity index (χ2v) is 3.02. The Labute approximate surface area is 122 Å². The first kappa shape index (κ1) is 16.5. The van der Waals surface area contributed by atoms with E-state index < -0.39 is 18.6 Å². The summed E-state index contributed by atoms with van der Waals surface area (Å²) in [5.41, 5.74) is 0. The maximum atomic E-state index is 12.7. The Bertz CT molecular complexity index is 131. The van der Waals surface area contributed by atoms with Crippen molar-refractivity contribution in [2.24, 2.45) is 0 Å². The molecular formula is C9H16FKO2. The summed E-state index contributed by atoms with van der Waals surface area (Å²) in [5.74, 6) is -1.29. The van der Waals surface area contributed by atoms with Crippen molar-refractivity contribution in [3.8, 4) is 0 Å². The van der Waals surface area contributed by atoms with Crippen LogP contribution in [0.15, 0.2) is 0 Å². The molecule has 0 amide bonds. The number of carboxylic acid groups (broad SMARTS) is 1. The van der Waals surface area contributed by atoms with Crippen molar-refractivity contribution in [1.82, 2.24) is 0 Å². The monoisotopic (exact) mass is 214 g/mol. The minimum Gasteiger partial charge on any atom is -0.550 e. The number of unbranched alkanes of at least 4 members (excludes halogenated alkanes) is 3. The van der Waals surface area contributed by atoms with Gasteiger partial charge in [0, 0.05) is 12.4 Å². The number of hydrogen-bond acceptors (Lipinski definition) is 2. The molecule has 0 saturated carbocycles. The topological polar surface area (TPSA) is 40.1 Å². The fourth-order valence-corrected chi connectivity index (χ4v) is 1.08. The molecule has 4 heteroatoms. The molecule has 1 unspecified atom stereocenters. The fourth-order valence-electron chi connectivity index (χ4n) is 1.08. The molecule has 0 N–H and O–H groups in total. The third-order valence-corrected chi connectivity index (χ3v) is 1.76. The van der Waals surface area contributed by atoms with Gasteiger partial charge in [0.2, 0.25) is 0 Å². The van der Waals surface area contributed by atoms with Crippen LogP contribution in [-0.2, 0) is 4.79 Å². The van der Waals surface area contributed by atoms with Crippen LogP contribution < -0.4 is 56.5 Å². The molecule has 13 heavy (non-hydrogen) atoms. The summed E-state index contributed by atoms with van der Waals surface area (Å²) in [5, 5.41) is 9.95. The minimum atomic E-state index is -1.29. The van der Waals surface area contributed by atoms with Crippen molar-refractivity contribution in [1.29, 1.82) is 0 Å². The maximum Gasteiger partial charge on any atom is 1.00 e. The average molecular weight is 214 g/mol. The minimum absolute atomic E-state index is 0. The molecule has 0 aromatic rings. The van der Waals surface area contributed by atoms with Gasteiger partial charge in [0.1, 0.15) is 6.17 Å². The smallest absolute Gasteiger partial charge is 0.550 e. The fraction of sp³-hybridized carbons (Fsp3) is 0.889. The van der Waals surface area contributed by atoms with Crippen LogP contribution in [0.4, 0.5) is 4.39 Å². The van der Waals surface area contributed by atoms with Crippen LogP contribution in [0.3, 0.4) is 0 Å². The zero-order valence-corrected chi connectivity index (χ0v) is 11.6. The molecule has 0 aliphatic carbocycles. The second kappa shape index (κ2) is 11.1. The van der Waals surface area contributed by atoms with E-state index in [1.54, 1.807) is 0 Å². The first-order valence-electron chi connectivity index (χ1n) is 4.50. The molecule has 0 fully saturated rings. The number of alkyl halides is 1. The largest absolute Gasteiger partial charge is 1.00 e. The Morgan fingerprint density at radius 3 is 2.46 bits per heavy atom. The normalized spacial score (nSPS) is 11.8. The molecule has 0 bridgehead atoms. The van der Waals surface area contributed by atoms with Crippen LogP contribution in [0.5, 0.6) is 0 Å². The van der Waals surface area contributed by atoms with Gasteiger partial charge in [-0.1, -0.05) is 32.6 Å². The van der Waals surface area contributed by atoms with Crippen LogP contribution in [0.1, 0.15) is 45.4 Å². The number of hydrogen-bond donors (Lipinski definition) is 0. The molecule has 0 radical (unpaired) electrons. The third-order valence-electron chi connectivity index (χ3n) is 1.76. The molecule has 0 aliphatic rings. The molecule has 0 aromatic carbocycles. The molecule has 0 aromatic heterocycles. The molecule has 2 nitrogen and oxygen atoms in total. The predicted molar refractivity (Wildman–Crippen MR) is 43.3 cm³/mol. The predicted octanol–water partition coefficient (Wildman–Crippen LogP) is -1.56. The van der Waals surface area contributed by atoms with E-state index in [-0.39, 0.29) is 51.4 Å². The van der Waals surface area contributed by atoms with Gasteiger partial charge in [0.25, 0.3) is 0 Å². The molecule has 1 atom stereocenters. The number of carbonyl (C=O) groups is 1. The quantitative estimate of drug-likeness (QED) is 0.380. The number of carboxylic acids is 1. The zero-order valence-electron chi connectivity index (χ0n) is 8.51. The zero-order chi connectivity index (χ0) is 9.40. The molecular weight excluding hydrogens is 198 g/mol. The molecule has 0 spiro atoms. The van der Waals surface area contributed by atoms with Crippen molar-refractivity contribution in [3.05, 3.63) is 0 Å². The Morgan fingerprint density at radius 2 is 2.00 bits per heavy atom. The van der Waals surface area contributed by atoms with Gasteiger partial charge in [0.15, 0.2) is 0 Å². The van der Waals surface area contributed by atoms with Crippen LogP contribution in [-0.4, -0.2) is 12.1 Å². The van der Waals surface area contributed by atoms with E-state index in [0.29, 0.717) is 6.42 Å². The van der Waals surface area contributed by atoms with Gasteiger partial charge in [-0.3, -0.25) is 0 Å². The molecule has 0 rings (SSSR count). The summed E-state index contributed by atoms with van der Waals surface area (Å²) in [6.07, 6.45) is 2.66. The van der Waals surface area contributed by atoms with Crippen molar-refractivity contribution >= 4 is 5.97 Å².